The maximum Gasteiger partial charge on any atom is 0.238 e. The molecule has 4 rings (SSSR count). The van der Waals surface area contributed by atoms with Gasteiger partial charge in [-0.1, -0.05) is 27.5 Å². The van der Waals surface area contributed by atoms with E-state index in [1.54, 1.807) is 29.1 Å². The first kappa shape index (κ1) is 20.5. The van der Waals surface area contributed by atoms with Crippen LogP contribution in [-0.2, 0) is 10.0 Å². The van der Waals surface area contributed by atoms with E-state index in [2.05, 4.69) is 31.0 Å². The van der Waals surface area contributed by atoms with Crippen LogP contribution in [0.5, 0.6) is 0 Å². The van der Waals surface area contributed by atoms with E-state index in [1.807, 2.05) is 19.1 Å². The summed E-state index contributed by atoms with van der Waals surface area (Å²) < 4.78 is 30.6. The highest BCUT2D eigenvalue weighted by molar-refractivity contribution is 9.10. The molecule has 0 bridgehead atoms. The smallest absolute Gasteiger partial charge is 0.238 e. The molecule has 2 heterocycles. The molecule has 29 heavy (non-hydrogen) atoms. The highest BCUT2D eigenvalue weighted by Crippen LogP contribution is 2.47. The number of hydrogen-bond acceptors (Lipinski definition) is 5. The predicted molar refractivity (Wildman–Crippen MR) is 119 cm³/mol. The first-order valence-electron chi connectivity index (χ1n) is 9.08. The molecule has 0 amide bonds. The van der Waals surface area contributed by atoms with Crippen LogP contribution in [0, 0.1) is 6.92 Å². The number of aliphatic hydroxyl groups excluding tert-OH is 1. The van der Waals surface area contributed by atoms with Crippen LogP contribution in [0.3, 0.4) is 0 Å². The lowest BCUT2D eigenvalue weighted by Gasteiger charge is -2.21. The van der Waals surface area contributed by atoms with Gasteiger partial charge in [0.15, 0.2) is 0 Å². The Morgan fingerprint density at radius 1 is 1.34 bits per heavy atom. The number of aromatic nitrogens is 2. The van der Waals surface area contributed by atoms with Crippen LogP contribution in [0.4, 0.5) is 17.1 Å². The summed E-state index contributed by atoms with van der Waals surface area (Å²) >= 11 is 9.74. The molecule has 1 fully saturated rings. The number of rotatable bonds is 7. The normalized spacial score (nSPS) is 15.4. The number of fused-ring (bicyclic) bond motifs is 1. The zero-order valence-corrected chi connectivity index (χ0v) is 18.8. The van der Waals surface area contributed by atoms with Gasteiger partial charge in [-0.05, 0) is 44.4 Å². The van der Waals surface area contributed by atoms with Crippen molar-refractivity contribution in [2.45, 2.75) is 30.9 Å². The van der Waals surface area contributed by atoms with Crippen LogP contribution < -0.4 is 10.0 Å². The number of halogens is 2. The van der Waals surface area contributed by atoms with E-state index in [4.69, 9.17) is 11.6 Å². The average Bonchev–Trinajstić information content (AvgIpc) is 3.30. The summed E-state index contributed by atoms with van der Waals surface area (Å²) in [4.78, 5) is 4.36. The van der Waals surface area contributed by atoms with Gasteiger partial charge in [0.1, 0.15) is 5.65 Å². The van der Waals surface area contributed by atoms with E-state index in [0.29, 0.717) is 40.6 Å². The van der Waals surface area contributed by atoms with Crippen LogP contribution in [0.15, 0.2) is 41.3 Å². The first-order chi connectivity index (χ1) is 13.8. The van der Waals surface area contributed by atoms with Crippen molar-refractivity contribution in [2.24, 2.45) is 0 Å². The molecular weight excluding hydrogens is 480 g/mol. The molecular formula is C19H20BrClN4O3S. The topological polar surface area (TPSA) is 95.7 Å². The molecule has 2 aromatic heterocycles. The van der Waals surface area contributed by atoms with Gasteiger partial charge in [0.2, 0.25) is 10.0 Å². The number of imidazole rings is 1. The van der Waals surface area contributed by atoms with Gasteiger partial charge >= 0.3 is 0 Å². The number of sulfonamides is 1. The fourth-order valence-electron chi connectivity index (χ4n) is 3.44. The zero-order valence-electron chi connectivity index (χ0n) is 15.6. The summed E-state index contributed by atoms with van der Waals surface area (Å²) in [5.74, 6) is 0. The summed E-state index contributed by atoms with van der Waals surface area (Å²) in [6.45, 7) is 1.70. The molecule has 0 radical (unpaired) electrons. The quantitative estimate of drug-likeness (QED) is 0.446. The Bertz CT molecular complexity index is 1190. The number of benzene rings is 1. The number of nitrogens with zero attached hydrogens (tertiary/aromatic N) is 2. The van der Waals surface area contributed by atoms with Crippen LogP contribution in [-0.4, -0.2) is 34.3 Å². The molecule has 0 spiro atoms. The standard InChI is InChI=1S/C19H20BrClN4O3S/c1-12-17(23-15-3-2-13(20)10-14(15)21)16(11-25-8-7-22-18(12)25)24-29(27,28)19(4-5-19)6-9-26/h2-3,7-8,10-11,23-24,26H,4-6,9H2,1H3. The van der Waals surface area contributed by atoms with E-state index in [-0.39, 0.29) is 13.0 Å². The SMILES string of the molecule is Cc1c(Nc2ccc(Br)cc2Cl)c(NS(=O)(=O)C2(CCO)CC2)cn2ccnc12. The average molecular weight is 500 g/mol. The monoisotopic (exact) mass is 498 g/mol. The number of hydrogen-bond donors (Lipinski definition) is 3. The van der Waals surface area contributed by atoms with Crippen LogP contribution in [0.25, 0.3) is 5.65 Å². The van der Waals surface area contributed by atoms with Crippen molar-refractivity contribution in [2.75, 3.05) is 16.6 Å². The Kier molecular flexibility index (Phi) is 5.27. The predicted octanol–water partition coefficient (Wildman–Crippen LogP) is 4.46. The minimum Gasteiger partial charge on any atom is -0.396 e. The molecule has 154 valence electrons. The maximum absolute atomic E-state index is 13.1. The Balaban J connectivity index is 1.79. The van der Waals surface area contributed by atoms with E-state index < -0.39 is 14.8 Å². The summed E-state index contributed by atoms with van der Waals surface area (Å²) in [5, 5.41) is 13.1. The van der Waals surface area contributed by atoms with Crippen molar-refractivity contribution in [1.82, 2.24) is 9.38 Å². The van der Waals surface area contributed by atoms with Crippen molar-refractivity contribution < 1.29 is 13.5 Å². The number of nitrogens with one attached hydrogen (secondary N) is 2. The molecule has 1 aliphatic carbocycles. The second kappa shape index (κ2) is 7.46. The lowest BCUT2D eigenvalue weighted by molar-refractivity contribution is 0.283. The van der Waals surface area contributed by atoms with Gasteiger partial charge in [-0.25, -0.2) is 13.4 Å². The van der Waals surface area contributed by atoms with Gasteiger partial charge in [0.25, 0.3) is 0 Å². The Morgan fingerprint density at radius 3 is 2.76 bits per heavy atom. The second-order valence-electron chi connectivity index (χ2n) is 7.21. The molecule has 1 saturated carbocycles. The van der Waals surface area contributed by atoms with Gasteiger partial charge < -0.3 is 14.8 Å². The number of anilines is 3. The van der Waals surface area contributed by atoms with Gasteiger partial charge in [-0.3, -0.25) is 4.72 Å². The molecule has 3 N–H and O–H groups in total. The van der Waals surface area contributed by atoms with Gasteiger partial charge in [-0.15, -0.1) is 0 Å². The maximum atomic E-state index is 13.1. The van der Waals surface area contributed by atoms with E-state index in [9.17, 15) is 13.5 Å². The lowest BCUT2D eigenvalue weighted by atomic mass is 10.2. The summed E-state index contributed by atoms with van der Waals surface area (Å²) in [5.41, 5.74) is 3.11. The fraction of sp³-hybridized carbons (Fsp3) is 0.316. The Labute approximate surface area is 182 Å². The largest absolute Gasteiger partial charge is 0.396 e. The van der Waals surface area contributed by atoms with E-state index in [1.165, 1.54) is 0 Å². The fourth-order valence-corrected chi connectivity index (χ4v) is 5.82. The third-order valence-electron chi connectivity index (χ3n) is 5.30. The van der Waals surface area contributed by atoms with Crippen molar-refractivity contribution >= 4 is 60.3 Å². The summed E-state index contributed by atoms with van der Waals surface area (Å²) in [7, 11) is -3.69. The highest BCUT2D eigenvalue weighted by atomic mass is 79.9. The molecule has 1 aliphatic rings. The minimum absolute atomic E-state index is 0.167. The van der Waals surface area contributed by atoms with Crippen molar-refractivity contribution in [3.63, 3.8) is 0 Å². The molecule has 0 atom stereocenters. The van der Waals surface area contributed by atoms with E-state index >= 15 is 0 Å². The molecule has 0 unspecified atom stereocenters. The number of pyridine rings is 1. The van der Waals surface area contributed by atoms with E-state index in [0.717, 1.165) is 10.0 Å². The van der Waals surface area contributed by atoms with Crippen LogP contribution in [0.2, 0.25) is 5.02 Å². The minimum atomic E-state index is -3.69. The number of aryl methyl sites for hydroxylation is 1. The molecule has 7 nitrogen and oxygen atoms in total. The molecule has 1 aromatic carbocycles. The Morgan fingerprint density at radius 2 is 2.10 bits per heavy atom. The van der Waals surface area contributed by atoms with Gasteiger partial charge in [0, 0.05) is 35.2 Å². The van der Waals surface area contributed by atoms with Crippen LogP contribution >= 0.6 is 27.5 Å². The third kappa shape index (κ3) is 3.72. The Hall–Kier alpha value is -1.81. The van der Waals surface area contributed by atoms with Crippen molar-refractivity contribution in [3.8, 4) is 0 Å². The molecule has 10 heteroatoms. The molecule has 0 aliphatic heterocycles. The van der Waals surface area contributed by atoms with Gasteiger partial charge in [0.05, 0.1) is 26.8 Å². The van der Waals surface area contributed by atoms with Gasteiger partial charge in [-0.2, -0.15) is 0 Å². The molecule has 3 aromatic rings. The summed E-state index contributed by atoms with van der Waals surface area (Å²) in [6.07, 6.45) is 6.40. The summed E-state index contributed by atoms with van der Waals surface area (Å²) in [6, 6.07) is 5.42. The van der Waals surface area contributed by atoms with Crippen molar-refractivity contribution in [3.05, 3.63) is 51.8 Å². The first-order valence-corrected chi connectivity index (χ1v) is 11.7. The van der Waals surface area contributed by atoms with Crippen molar-refractivity contribution in [1.29, 1.82) is 0 Å². The number of aliphatic hydroxyl groups is 1. The third-order valence-corrected chi connectivity index (χ3v) is 8.34. The second-order valence-corrected chi connectivity index (χ2v) is 10.6. The molecule has 0 saturated heterocycles. The van der Waals surface area contributed by atoms with Crippen LogP contribution in [0.1, 0.15) is 24.8 Å². The lowest BCUT2D eigenvalue weighted by Crippen LogP contribution is -2.31. The highest BCUT2D eigenvalue weighted by Gasteiger charge is 2.54. The zero-order chi connectivity index (χ0) is 20.8.